The van der Waals surface area contributed by atoms with Crippen LogP contribution in [0.3, 0.4) is 0 Å². The molecular formula is C30H27N5OS. The van der Waals surface area contributed by atoms with Gasteiger partial charge in [-0.1, -0.05) is 66.7 Å². The highest BCUT2D eigenvalue weighted by Gasteiger charge is 2.20. The van der Waals surface area contributed by atoms with E-state index in [2.05, 4.69) is 99.0 Å². The third-order valence-electron chi connectivity index (χ3n) is 6.70. The summed E-state index contributed by atoms with van der Waals surface area (Å²) in [6.07, 6.45) is 2.80. The second-order valence-electron chi connectivity index (χ2n) is 9.16. The van der Waals surface area contributed by atoms with Crippen LogP contribution in [0.1, 0.15) is 28.1 Å². The van der Waals surface area contributed by atoms with Crippen LogP contribution in [0, 0.1) is 6.92 Å². The molecule has 1 N–H and O–H groups in total. The number of rotatable bonds is 8. The van der Waals surface area contributed by atoms with Crippen molar-refractivity contribution in [1.82, 2.24) is 25.2 Å². The first kappa shape index (κ1) is 23.3. The zero-order valence-electron chi connectivity index (χ0n) is 20.8. The molecule has 0 bridgehead atoms. The molecule has 2 aromatic heterocycles. The SMILES string of the molecule is CSc1c(Cc2nnn[nH]2)cc(C)c2c3ccccc3n(Cc3cccc(OCc4ccccc4)c3)c12. The topological polar surface area (TPSA) is 68.6 Å². The summed E-state index contributed by atoms with van der Waals surface area (Å²) >= 11 is 1.78. The second kappa shape index (κ2) is 10.1. The molecule has 0 radical (unpaired) electrons. The van der Waals surface area contributed by atoms with Crippen LogP contribution in [0.4, 0.5) is 0 Å². The Morgan fingerprint density at radius 3 is 2.54 bits per heavy atom. The minimum Gasteiger partial charge on any atom is -0.489 e. The highest BCUT2D eigenvalue weighted by Crippen LogP contribution is 2.40. The third kappa shape index (κ3) is 4.58. The predicted molar refractivity (Wildman–Crippen MR) is 149 cm³/mol. The van der Waals surface area contributed by atoms with E-state index >= 15 is 0 Å². The molecule has 0 aliphatic rings. The van der Waals surface area contributed by atoms with Gasteiger partial charge in [0.25, 0.3) is 0 Å². The zero-order valence-corrected chi connectivity index (χ0v) is 21.6. The van der Waals surface area contributed by atoms with Crippen molar-refractivity contribution in [3.63, 3.8) is 0 Å². The van der Waals surface area contributed by atoms with Crippen molar-refractivity contribution in [3.05, 3.63) is 113 Å². The lowest BCUT2D eigenvalue weighted by Crippen LogP contribution is -2.03. The standard InChI is InChI=1S/C30H27N5OS/c1-20-15-23(17-27-31-33-34-32-27)30(37-2)29-28(20)25-13-6-7-14-26(25)35(29)18-22-11-8-12-24(16-22)36-19-21-9-4-3-5-10-21/h3-16H,17-19H2,1-2H3,(H,31,32,33,34). The Labute approximate surface area is 219 Å². The average molecular weight is 506 g/mol. The number of H-pyrrole nitrogens is 1. The molecule has 0 unspecified atom stereocenters. The van der Waals surface area contributed by atoms with Gasteiger partial charge in [0, 0.05) is 34.2 Å². The fraction of sp³-hybridized carbons (Fsp3) is 0.167. The maximum atomic E-state index is 6.13. The fourth-order valence-corrected chi connectivity index (χ4v) is 5.90. The molecule has 0 saturated heterocycles. The minimum absolute atomic E-state index is 0.551. The lowest BCUT2D eigenvalue weighted by Gasteiger charge is -2.15. The van der Waals surface area contributed by atoms with Crippen LogP contribution in [-0.4, -0.2) is 31.4 Å². The summed E-state index contributed by atoms with van der Waals surface area (Å²) in [7, 11) is 0. The number of nitrogens with one attached hydrogen (secondary N) is 1. The molecule has 7 heteroatoms. The van der Waals surface area contributed by atoms with Crippen molar-refractivity contribution in [1.29, 1.82) is 0 Å². The highest BCUT2D eigenvalue weighted by molar-refractivity contribution is 7.98. The third-order valence-corrected chi connectivity index (χ3v) is 7.57. The van der Waals surface area contributed by atoms with E-state index in [-0.39, 0.29) is 0 Å². The van der Waals surface area contributed by atoms with Gasteiger partial charge in [-0.05, 0) is 64.1 Å². The summed E-state index contributed by atoms with van der Waals surface area (Å²) in [5.74, 6) is 1.64. The molecule has 0 amide bonds. The first-order valence-corrected chi connectivity index (χ1v) is 13.5. The van der Waals surface area contributed by atoms with Gasteiger partial charge in [0.1, 0.15) is 12.4 Å². The minimum atomic E-state index is 0.551. The Morgan fingerprint density at radius 1 is 0.919 bits per heavy atom. The molecule has 0 aliphatic heterocycles. The maximum absolute atomic E-state index is 6.13. The van der Waals surface area contributed by atoms with Gasteiger partial charge >= 0.3 is 0 Å². The number of aryl methyl sites for hydroxylation is 1. The smallest absolute Gasteiger partial charge is 0.152 e. The Bertz CT molecular complexity index is 1680. The van der Waals surface area contributed by atoms with Crippen molar-refractivity contribution < 1.29 is 4.74 Å². The van der Waals surface area contributed by atoms with Crippen LogP contribution in [0.5, 0.6) is 5.75 Å². The van der Waals surface area contributed by atoms with Gasteiger partial charge in [-0.2, -0.15) is 0 Å². The number of hydrogen-bond donors (Lipinski definition) is 1. The van der Waals surface area contributed by atoms with E-state index in [1.165, 1.54) is 43.4 Å². The van der Waals surface area contributed by atoms with Crippen molar-refractivity contribution in [2.75, 3.05) is 6.26 Å². The van der Waals surface area contributed by atoms with E-state index < -0.39 is 0 Å². The highest BCUT2D eigenvalue weighted by atomic mass is 32.2. The van der Waals surface area contributed by atoms with Gasteiger partial charge in [-0.15, -0.1) is 16.9 Å². The quantitative estimate of drug-likeness (QED) is 0.237. The van der Waals surface area contributed by atoms with E-state index in [9.17, 15) is 0 Å². The number of hydrogen-bond acceptors (Lipinski definition) is 5. The van der Waals surface area contributed by atoms with Crippen molar-refractivity contribution in [2.24, 2.45) is 0 Å². The maximum Gasteiger partial charge on any atom is 0.152 e. The lowest BCUT2D eigenvalue weighted by atomic mass is 10.0. The molecule has 4 aromatic carbocycles. The van der Waals surface area contributed by atoms with E-state index in [1.54, 1.807) is 11.8 Å². The summed E-state index contributed by atoms with van der Waals surface area (Å²) in [6, 6.07) is 29.7. The molecule has 0 spiro atoms. The molecule has 0 atom stereocenters. The van der Waals surface area contributed by atoms with Crippen LogP contribution in [-0.2, 0) is 19.6 Å². The van der Waals surface area contributed by atoms with Gasteiger partial charge in [-0.25, -0.2) is 5.10 Å². The van der Waals surface area contributed by atoms with E-state index in [4.69, 9.17) is 4.74 Å². The van der Waals surface area contributed by atoms with E-state index in [1.807, 2.05) is 24.3 Å². The summed E-state index contributed by atoms with van der Waals surface area (Å²) < 4.78 is 8.58. The Kier molecular flexibility index (Phi) is 6.37. The van der Waals surface area contributed by atoms with Crippen LogP contribution in [0.2, 0.25) is 0 Å². The first-order valence-electron chi connectivity index (χ1n) is 12.3. The van der Waals surface area contributed by atoms with Gasteiger partial charge in [0.15, 0.2) is 5.82 Å². The number of thioether (sulfide) groups is 1. The molecule has 0 aliphatic carbocycles. The molecule has 6 aromatic rings. The number of benzene rings is 4. The Hall–Kier alpha value is -4.10. The second-order valence-corrected chi connectivity index (χ2v) is 9.98. The number of aromatic nitrogens is 5. The number of ether oxygens (including phenoxy) is 1. The molecule has 0 saturated carbocycles. The molecular weight excluding hydrogens is 478 g/mol. The zero-order chi connectivity index (χ0) is 25.2. The average Bonchev–Trinajstić information content (AvgIpc) is 3.55. The predicted octanol–water partition coefficient (Wildman–Crippen LogP) is 6.56. The molecule has 6 rings (SSSR count). The van der Waals surface area contributed by atoms with Crippen molar-refractivity contribution in [2.45, 2.75) is 31.4 Å². The summed E-state index contributed by atoms with van der Waals surface area (Å²) in [6.45, 7) is 3.49. The number of aromatic amines is 1. The largest absolute Gasteiger partial charge is 0.489 e. The number of fused-ring (bicyclic) bond motifs is 3. The summed E-state index contributed by atoms with van der Waals surface area (Å²) in [5, 5.41) is 17.1. The van der Waals surface area contributed by atoms with Gasteiger partial charge in [-0.3, -0.25) is 0 Å². The molecule has 37 heavy (non-hydrogen) atoms. The van der Waals surface area contributed by atoms with Crippen LogP contribution >= 0.6 is 11.8 Å². The van der Waals surface area contributed by atoms with Crippen LogP contribution in [0.15, 0.2) is 89.8 Å². The van der Waals surface area contributed by atoms with Gasteiger partial charge in [0.05, 0.1) is 5.52 Å². The molecule has 0 fully saturated rings. The van der Waals surface area contributed by atoms with Crippen LogP contribution < -0.4 is 4.74 Å². The lowest BCUT2D eigenvalue weighted by molar-refractivity contribution is 0.306. The van der Waals surface area contributed by atoms with Crippen LogP contribution in [0.25, 0.3) is 21.8 Å². The monoisotopic (exact) mass is 505 g/mol. The summed E-state index contributed by atoms with van der Waals surface area (Å²) in [5.41, 5.74) is 7.31. The molecule has 184 valence electrons. The van der Waals surface area contributed by atoms with Crippen molar-refractivity contribution >= 4 is 33.6 Å². The molecule has 6 nitrogen and oxygen atoms in total. The number of para-hydroxylation sites is 1. The fourth-order valence-electron chi connectivity index (χ4n) is 5.10. The van der Waals surface area contributed by atoms with Crippen molar-refractivity contribution in [3.8, 4) is 5.75 Å². The number of tetrazole rings is 1. The van der Waals surface area contributed by atoms with E-state index in [0.29, 0.717) is 13.0 Å². The molecule has 2 heterocycles. The normalized spacial score (nSPS) is 11.4. The number of nitrogens with zero attached hydrogens (tertiary/aromatic N) is 4. The van der Waals surface area contributed by atoms with E-state index in [0.717, 1.165) is 23.7 Å². The Morgan fingerprint density at radius 2 is 1.73 bits per heavy atom. The van der Waals surface area contributed by atoms with Gasteiger partial charge in [0.2, 0.25) is 0 Å². The van der Waals surface area contributed by atoms with Gasteiger partial charge < -0.3 is 9.30 Å². The Balaban J connectivity index is 1.43. The first-order chi connectivity index (χ1) is 18.2. The summed E-state index contributed by atoms with van der Waals surface area (Å²) in [4.78, 5) is 1.25.